The first-order chi connectivity index (χ1) is 8.04. The summed E-state index contributed by atoms with van der Waals surface area (Å²) in [4.78, 5) is 21.9. The van der Waals surface area contributed by atoms with E-state index in [0.29, 0.717) is 11.4 Å². The Morgan fingerprint density at radius 3 is 2.53 bits per heavy atom. The number of nitrogens with one attached hydrogen (secondary N) is 2. The summed E-state index contributed by atoms with van der Waals surface area (Å²) in [7, 11) is 0. The Balaban J connectivity index is 2.61. The van der Waals surface area contributed by atoms with Crippen LogP contribution in [0.25, 0.3) is 0 Å². The lowest BCUT2D eigenvalue weighted by Gasteiger charge is -2.13. The SMILES string of the molecule is Nc1ccccc1NC(=O)N[C@@H](CO)C(=O)O. The fourth-order valence-corrected chi connectivity index (χ4v) is 1.11. The third-order valence-electron chi connectivity index (χ3n) is 1.99. The molecule has 0 aliphatic heterocycles. The highest BCUT2D eigenvalue weighted by Crippen LogP contribution is 2.16. The third kappa shape index (κ3) is 3.65. The normalized spacial score (nSPS) is 11.6. The molecule has 0 bridgehead atoms. The van der Waals surface area contributed by atoms with Gasteiger partial charge in [0, 0.05) is 0 Å². The minimum absolute atomic E-state index is 0.360. The summed E-state index contributed by atoms with van der Waals surface area (Å²) in [6.45, 7) is -0.687. The van der Waals surface area contributed by atoms with Crippen molar-refractivity contribution in [3.63, 3.8) is 0 Å². The second-order valence-corrected chi connectivity index (χ2v) is 3.26. The van der Waals surface area contributed by atoms with Gasteiger partial charge in [-0.3, -0.25) is 0 Å². The van der Waals surface area contributed by atoms with E-state index in [1.165, 1.54) is 0 Å². The minimum atomic E-state index is -1.35. The number of carboxylic acids is 1. The van der Waals surface area contributed by atoms with Crippen LogP contribution in [0.4, 0.5) is 16.2 Å². The smallest absolute Gasteiger partial charge is 0.328 e. The second kappa shape index (κ2) is 5.71. The monoisotopic (exact) mass is 239 g/mol. The highest BCUT2D eigenvalue weighted by molar-refractivity contribution is 5.94. The molecule has 1 aromatic carbocycles. The molecule has 0 fully saturated rings. The Morgan fingerprint density at radius 1 is 1.35 bits per heavy atom. The Morgan fingerprint density at radius 2 is 2.00 bits per heavy atom. The van der Waals surface area contributed by atoms with Crippen LogP contribution in [0.1, 0.15) is 0 Å². The van der Waals surface area contributed by atoms with Crippen LogP contribution in [-0.4, -0.2) is 34.9 Å². The fourth-order valence-electron chi connectivity index (χ4n) is 1.11. The first-order valence-corrected chi connectivity index (χ1v) is 4.80. The highest BCUT2D eigenvalue weighted by atomic mass is 16.4. The molecule has 1 atom stereocenters. The summed E-state index contributed by atoms with van der Waals surface area (Å²) >= 11 is 0. The van der Waals surface area contributed by atoms with Crippen LogP contribution >= 0.6 is 0 Å². The van der Waals surface area contributed by atoms with E-state index in [4.69, 9.17) is 15.9 Å². The summed E-state index contributed by atoms with van der Waals surface area (Å²) in [5, 5.41) is 21.8. The lowest BCUT2D eigenvalue weighted by atomic mass is 10.3. The van der Waals surface area contributed by atoms with Gasteiger partial charge in [0.25, 0.3) is 0 Å². The summed E-state index contributed by atoms with van der Waals surface area (Å²) in [5.74, 6) is -1.32. The van der Waals surface area contributed by atoms with E-state index in [0.717, 1.165) is 0 Å². The molecule has 2 amide bonds. The quantitative estimate of drug-likeness (QED) is 0.467. The number of carbonyl (C=O) groups excluding carboxylic acids is 1. The zero-order valence-electron chi connectivity index (χ0n) is 8.88. The largest absolute Gasteiger partial charge is 0.480 e. The first kappa shape index (κ1) is 12.8. The third-order valence-corrected chi connectivity index (χ3v) is 1.99. The fraction of sp³-hybridized carbons (Fsp3) is 0.200. The van der Waals surface area contributed by atoms with Gasteiger partial charge in [-0.05, 0) is 12.1 Å². The van der Waals surface area contributed by atoms with Crippen LogP contribution in [0.3, 0.4) is 0 Å². The summed E-state index contributed by atoms with van der Waals surface area (Å²) in [6, 6.07) is 4.45. The van der Waals surface area contributed by atoms with Crippen LogP contribution < -0.4 is 16.4 Å². The zero-order valence-corrected chi connectivity index (χ0v) is 8.88. The average molecular weight is 239 g/mol. The van der Waals surface area contributed by atoms with Gasteiger partial charge >= 0.3 is 12.0 Å². The van der Waals surface area contributed by atoms with Gasteiger partial charge in [-0.15, -0.1) is 0 Å². The Hall–Kier alpha value is -2.28. The molecule has 0 saturated carbocycles. The van der Waals surface area contributed by atoms with Crippen molar-refractivity contribution in [3.05, 3.63) is 24.3 Å². The van der Waals surface area contributed by atoms with Gasteiger partial charge in [0.1, 0.15) is 0 Å². The number of urea groups is 1. The van der Waals surface area contributed by atoms with E-state index in [1.807, 2.05) is 0 Å². The molecular weight excluding hydrogens is 226 g/mol. The number of hydrogen-bond donors (Lipinski definition) is 5. The van der Waals surface area contributed by atoms with Crippen LogP contribution in [0.2, 0.25) is 0 Å². The van der Waals surface area contributed by atoms with Crippen molar-refractivity contribution in [2.24, 2.45) is 0 Å². The van der Waals surface area contributed by atoms with Crippen molar-refractivity contribution in [2.75, 3.05) is 17.7 Å². The molecule has 1 aromatic rings. The standard InChI is InChI=1S/C10H13N3O4/c11-6-3-1-2-4-7(6)12-10(17)13-8(5-14)9(15)16/h1-4,8,14H,5,11H2,(H,15,16)(H2,12,13,17)/t8-/m0/s1. The molecule has 6 N–H and O–H groups in total. The molecule has 92 valence electrons. The summed E-state index contributed by atoms with van der Waals surface area (Å²) in [5.41, 5.74) is 6.31. The number of rotatable bonds is 4. The molecule has 0 unspecified atom stereocenters. The number of aliphatic hydroxyl groups is 1. The Bertz CT molecular complexity index is 422. The molecule has 0 aromatic heterocycles. The predicted octanol–water partition coefficient (Wildman–Crippen LogP) is -0.164. The zero-order chi connectivity index (χ0) is 12.8. The number of nitrogen functional groups attached to an aromatic ring is 1. The van der Waals surface area contributed by atoms with E-state index in [2.05, 4.69) is 10.6 Å². The lowest BCUT2D eigenvalue weighted by Crippen LogP contribution is -2.45. The predicted molar refractivity (Wildman–Crippen MR) is 61.5 cm³/mol. The van der Waals surface area contributed by atoms with Crippen molar-refractivity contribution in [1.82, 2.24) is 5.32 Å². The number of aliphatic carboxylic acids is 1. The van der Waals surface area contributed by atoms with Crippen molar-refractivity contribution in [2.45, 2.75) is 6.04 Å². The van der Waals surface area contributed by atoms with E-state index < -0.39 is 24.6 Å². The molecule has 0 aliphatic carbocycles. The van der Waals surface area contributed by atoms with Crippen molar-refractivity contribution >= 4 is 23.4 Å². The number of amides is 2. The van der Waals surface area contributed by atoms with E-state index >= 15 is 0 Å². The molecule has 0 spiro atoms. The second-order valence-electron chi connectivity index (χ2n) is 3.26. The molecule has 0 radical (unpaired) electrons. The number of nitrogens with two attached hydrogens (primary N) is 1. The minimum Gasteiger partial charge on any atom is -0.480 e. The average Bonchev–Trinajstić information content (AvgIpc) is 2.28. The highest BCUT2D eigenvalue weighted by Gasteiger charge is 2.18. The van der Waals surface area contributed by atoms with Crippen molar-refractivity contribution < 1.29 is 19.8 Å². The summed E-state index contributed by atoms with van der Waals surface area (Å²) < 4.78 is 0. The molecule has 0 heterocycles. The number of hydrogen-bond acceptors (Lipinski definition) is 4. The van der Waals surface area contributed by atoms with E-state index in [1.54, 1.807) is 24.3 Å². The van der Waals surface area contributed by atoms with Gasteiger partial charge in [-0.2, -0.15) is 0 Å². The van der Waals surface area contributed by atoms with Crippen molar-refractivity contribution in [3.8, 4) is 0 Å². The molecule has 0 saturated heterocycles. The summed E-state index contributed by atoms with van der Waals surface area (Å²) in [6.07, 6.45) is 0. The number of carboxylic acid groups (broad SMARTS) is 1. The Labute approximate surface area is 97.2 Å². The maximum Gasteiger partial charge on any atom is 0.328 e. The van der Waals surface area contributed by atoms with Crippen LogP contribution in [0.5, 0.6) is 0 Å². The molecule has 0 aliphatic rings. The maximum atomic E-state index is 11.4. The molecule has 1 rings (SSSR count). The number of anilines is 2. The number of benzene rings is 1. The molecular formula is C10H13N3O4. The van der Waals surface area contributed by atoms with Crippen LogP contribution in [0.15, 0.2) is 24.3 Å². The number of para-hydroxylation sites is 2. The van der Waals surface area contributed by atoms with Gasteiger partial charge < -0.3 is 26.6 Å². The topological polar surface area (TPSA) is 125 Å². The first-order valence-electron chi connectivity index (χ1n) is 4.80. The van der Waals surface area contributed by atoms with Crippen LogP contribution in [0, 0.1) is 0 Å². The molecule has 7 nitrogen and oxygen atoms in total. The Kier molecular flexibility index (Phi) is 4.29. The number of carbonyl (C=O) groups is 2. The van der Waals surface area contributed by atoms with E-state index in [9.17, 15) is 9.59 Å². The van der Waals surface area contributed by atoms with Crippen LogP contribution in [-0.2, 0) is 4.79 Å². The van der Waals surface area contributed by atoms with Gasteiger partial charge in [0.15, 0.2) is 6.04 Å². The molecule has 17 heavy (non-hydrogen) atoms. The van der Waals surface area contributed by atoms with Gasteiger partial charge in [-0.25, -0.2) is 9.59 Å². The van der Waals surface area contributed by atoms with Gasteiger partial charge in [0.2, 0.25) is 0 Å². The molecule has 7 heteroatoms. The number of aliphatic hydroxyl groups excluding tert-OH is 1. The lowest BCUT2D eigenvalue weighted by molar-refractivity contribution is -0.140. The van der Waals surface area contributed by atoms with Gasteiger partial charge in [0.05, 0.1) is 18.0 Å². The maximum absolute atomic E-state index is 11.4. The van der Waals surface area contributed by atoms with E-state index in [-0.39, 0.29) is 0 Å². The van der Waals surface area contributed by atoms with Gasteiger partial charge in [-0.1, -0.05) is 12.1 Å². The van der Waals surface area contributed by atoms with Crippen molar-refractivity contribution in [1.29, 1.82) is 0 Å².